The van der Waals surface area contributed by atoms with Gasteiger partial charge in [-0.25, -0.2) is 0 Å². The van der Waals surface area contributed by atoms with Gasteiger partial charge in [0.15, 0.2) is 0 Å². The summed E-state index contributed by atoms with van der Waals surface area (Å²) >= 11 is 0. The Morgan fingerprint density at radius 1 is 1.06 bits per heavy atom. The van der Waals surface area contributed by atoms with Gasteiger partial charge in [0.25, 0.3) is 0 Å². The van der Waals surface area contributed by atoms with Crippen molar-refractivity contribution in [2.24, 2.45) is 5.41 Å². The van der Waals surface area contributed by atoms with Crippen molar-refractivity contribution >= 4 is 0 Å². The predicted octanol–water partition coefficient (Wildman–Crippen LogP) is 1.82. The van der Waals surface area contributed by atoms with Crippen molar-refractivity contribution in [1.29, 1.82) is 0 Å². The van der Waals surface area contributed by atoms with E-state index in [-0.39, 0.29) is 12.0 Å². The van der Waals surface area contributed by atoms with E-state index >= 15 is 0 Å². The minimum Gasteiger partial charge on any atom is -0.396 e. The van der Waals surface area contributed by atoms with Crippen LogP contribution in [0.3, 0.4) is 0 Å². The summed E-state index contributed by atoms with van der Waals surface area (Å²) in [4.78, 5) is 0. The molecule has 0 aliphatic rings. The Balaban J connectivity index is 3.38. The number of aliphatic hydroxyl groups is 1. The highest BCUT2D eigenvalue weighted by Crippen LogP contribution is 2.24. The number of hydrogen-bond acceptors (Lipinski definition) is 4. The molecule has 0 rings (SSSR count). The van der Waals surface area contributed by atoms with Crippen molar-refractivity contribution in [3.63, 3.8) is 0 Å². The van der Waals surface area contributed by atoms with E-state index in [9.17, 15) is 5.11 Å². The lowest BCUT2D eigenvalue weighted by molar-refractivity contribution is 0.0685. The molecule has 0 bridgehead atoms. The van der Waals surface area contributed by atoms with Gasteiger partial charge < -0.3 is 19.9 Å². The number of aliphatic hydroxyl groups excluding tert-OH is 1. The summed E-state index contributed by atoms with van der Waals surface area (Å²) < 4.78 is 10.3. The second kappa shape index (κ2) is 11.9. The first kappa shape index (κ1) is 17.8. The number of unbranched alkanes of at least 4 members (excludes halogenated alkanes) is 1. The van der Waals surface area contributed by atoms with Crippen molar-refractivity contribution in [3.05, 3.63) is 0 Å². The summed E-state index contributed by atoms with van der Waals surface area (Å²) in [5.74, 6) is 0. The Kier molecular flexibility index (Phi) is 11.8. The van der Waals surface area contributed by atoms with Gasteiger partial charge in [-0.05, 0) is 32.2 Å². The highest BCUT2D eigenvalue weighted by Gasteiger charge is 2.24. The topological polar surface area (TPSA) is 50.7 Å². The first-order valence-electron chi connectivity index (χ1n) is 7.13. The number of methoxy groups -OCH3 is 1. The maximum absolute atomic E-state index is 9.43. The van der Waals surface area contributed by atoms with E-state index in [0.717, 1.165) is 45.4 Å². The molecule has 110 valence electrons. The zero-order valence-corrected chi connectivity index (χ0v) is 12.3. The summed E-state index contributed by atoms with van der Waals surface area (Å²) in [6.45, 7) is 8.62. The summed E-state index contributed by atoms with van der Waals surface area (Å²) in [5, 5.41) is 12.9. The van der Waals surface area contributed by atoms with Crippen molar-refractivity contribution in [1.82, 2.24) is 5.32 Å². The third-order valence-electron chi connectivity index (χ3n) is 3.66. The highest BCUT2D eigenvalue weighted by molar-refractivity contribution is 4.77. The third-order valence-corrected chi connectivity index (χ3v) is 3.66. The molecule has 2 N–H and O–H groups in total. The van der Waals surface area contributed by atoms with E-state index in [1.807, 2.05) is 0 Å². The van der Waals surface area contributed by atoms with Crippen LogP contribution in [0.15, 0.2) is 0 Å². The van der Waals surface area contributed by atoms with Crippen molar-refractivity contribution in [2.75, 3.05) is 46.6 Å². The fourth-order valence-corrected chi connectivity index (χ4v) is 1.83. The molecule has 0 radical (unpaired) electrons. The fraction of sp³-hybridized carbons (Fsp3) is 1.00. The number of hydrogen-bond donors (Lipinski definition) is 2. The van der Waals surface area contributed by atoms with E-state index in [0.29, 0.717) is 13.2 Å². The molecule has 4 heteroatoms. The van der Waals surface area contributed by atoms with Gasteiger partial charge in [0.1, 0.15) is 0 Å². The average Bonchev–Trinajstić information content (AvgIpc) is 2.42. The van der Waals surface area contributed by atoms with Crippen LogP contribution >= 0.6 is 0 Å². The van der Waals surface area contributed by atoms with Gasteiger partial charge in [0.05, 0.1) is 13.2 Å². The van der Waals surface area contributed by atoms with Crippen molar-refractivity contribution in [2.45, 2.75) is 39.5 Å². The van der Waals surface area contributed by atoms with Crippen LogP contribution in [0.1, 0.15) is 39.5 Å². The smallest absolute Gasteiger partial charge is 0.0700 e. The van der Waals surface area contributed by atoms with Gasteiger partial charge in [-0.15, -0.1) is 0 Å². The molecular weight excluding hydrogens is 230 g/mol. The maximum Gasteiger partial charge on any atom is 0.0700 e. The van der Waals surface area contributed by atoms with Crippen LogP contribution in [0.25, 0.3) is 0 Å². The molecule has 0 unspecified atom stereocenters. The summed E-state index contributed by atoms with van der Waals surface area (Å²) in [5.41, 5.74) is 0.0644. The zero-order valence-electron chi connectivity index (χ0n) is 12.3. The van der Waals surface area contributed by atoms with Gasteiger partial charge in [-0.1, -0.05) is 13.8 Å². The molecule has 0 aromatic rings. The Morgan fingerprint density at radius 3 is 2.33 bits per heavy atom. The van der Waals surface area contributed by atoms with Gasteiger partial charge in [-0.3, -0.25) is 0 Å². The quantitative estimate of drug-likeness (QED) is 0.497. The maximum atomic E-state index is 9.43. The minimum atomic E-state index is 0.0644. The molecule has 0 spiro atoms. The molecule has 0 heterocycles. The van der Waals surface area contributed by atoms with Crippen molar-refractivity contribution in [3.8, 4) is 0 Å². The molecule has 4 nitrogen and oxygen atoms in total. The van der Waals surface area contributed by atoms with E-state index in [1.165, 1.54) is 0 Å². The monoisotopic (exact) mass is 261 g/mol. The number of ether oxygens (including phenoxy) is 2. The fourth-order valence-electron chi connectivity index (χ4n) is 1.83. The molecule has 0 aromatic heterocycles. The van der Waals surface area contributed by atoms with Crippen LogP contribution in [-0.4, -0.2) is 51.7 Å². The molecule has 0 aliphatic carbocycles. The molecule has 0 saturated carbocycles. The molecule has 0 aliphatic heterocycles. The summed E-state index contributed by atoms with van der Waals surface area (Å²) in [6, 6.07) is 0. The molecule has 0 aromatic carbocycles. The average molecular weight is 261 g/mol. The van der Waals surface area contributed by atoms with Crippen molar-refractivity contribution < 1.29 is 14.6 Å². The summed E-state index contributed by atoms with van der Waals surface area (Å²) in [6.07, 6.45) is 4.23. The van der Waals surface area contributed by atoms with Crippen LogP contribution in [-0.2, 0) is 9.47 Å². The van der Waals surface area contributed by atoms with Crippen LogP contribution in [0.4, 0.5) is 0 Å². The summed E-state index contributed by atoms with van der Waals surface area (Å²) in [7, 11) is 1.68. The molecule has 0 fully saturated rings. The van der Waals surface area contributed by atoms with E-state index in [2.05, 4.69) is 19.2 Å². The predicted molar refractivity (Wildman–Crippen MR) is 74.9 cm³/mol. The van der Waals surface area contributed by atoms with Crippen LogP contribution in [0, 0.1) is 5.41 Å². The zero-order chi connectivity index (χ0) is 13.7. The largest absolute Gasteiger partial charge is 0.396 e. The molecular formula is C14H31NO3. The lowest BCUT2D eigenvalue weighted by atomic mass is 9.83. The molecule has 0 saturated heterocycles. The number of nitrogens with one attached hydrogen (secondary N) is 1. The SMILES string of the molecule is CCC(CC)(CO)CNCCCCOCCOC. The van der Waals surface area contributed by atoms with Gasteiger partial charge >= 0.3 is 0 Å². The van der Waals surface area contributed by atoms with E-state index in [1.54, 1.807) is 7.11 Å². The lowest BCUT2D eigenvalue weighted by Crippen LogP contribution is -2.37. The minimum absolute atomic E-state index is 0.0644. The first-order valence-corrected chi connectivity index (χ1v) is 7.13. The third kappa shape index (κ3) is 8.03. The highest BCUT2D eigenvalue weighted by atomic mass is 16.5. The van der Waals surface area contributed by atoms with Gasteiger partial charge in [0, 0.05) is 32.3 Å². The van der Waals surface area contributed by atoms with E-state index in [4.69, 9.17) is 9.47 Å². The van der Waals surface area contributed by atoms with Crippen LogP contribution < -0.4 is 5.32 Å². The first-order chi connectivity index (χ1) is 8.74. The second-order valence-electron chi connectivity index (χ2n) is 4.85. The Labute approximate surface area is 112 Å². The van der Waals surface area contributed by atoms with Gasteiger partial charge in [0.2, 0.25) is 0 Å². The Morgan fingerprint density at radius 2 is 1.78 bits per heavy atom. The van der Waals surface area contributed by atoms with E-state index < -0.39 is 0 Å². The Bertz CT molecular complexity index is 164. The van der Waals surface area contributed by atoms with Crippen LogP contribution in [0.5, 0.6) is 0 Å². The molecule has 0 atom stereocenters. The number of rotatable bonds is 13. The lowest BCUT2D eigenvalue weighted by Gasteiger charge is -2.29. The van der Waals surface area contributed by atoms with Crippen LogP contribution in [0.2, 0.25) is 0 Å². The second-order valence-corrected chi connectivity index (χ2v) is 4.85. The standard InChI is InChI=1S/C14H31NO3/c1-4-14(5-2,13-16)12-15-8-6-7-9-18-11-10-17-3/h15-16H,4-13H2,1-3H3. The Hall–Kier alpha value is -0.160. The molecule has 0 amide bonds. The normalized spacial score (nSPS) is 12.0. The van der Waals surface area contributed by atoms with Gasteiger partial charge in [-0.2, -0.15) is 0 Å². The molecule has 18 heavy (non-hydrogen) atoms.